The predicted octanol–water partition coefficient (Wildman–Crippen LogP) is 4.15. The summed E-state index contributed by atoms with van der Waals surface area (Å²) in [5.74, 6) is -1.50. The molecule has 2 N–H and O–H groups in total. The fourth-order valence-corrected chi connectivity index (χ4v) is 1.89. The van der Waals surface area contributed by atoms with Crippen molar-refractivity contribution >= 4 is 17.7 Å². The fourth-order valence-electron chi connectivity index (χ4n) is 1.89. The van der Waals surface area contributed by atoms with Crippen LogP contribution in [0.1, 0.15) is 21.5 Å². The molecule has 0 unspecified atom stereocenters. The van der Waals surface area contributed by atoms with E-state index in [1.165, 1.54) is 0 Å². The zero-order valence-corrected chi connectivity index (χ0v) is 12.1. The van der Waals surface area contributed by atoms with Gasteiger partial charge in [-0.05, 0) is 23.8 Å². The molecule has 2 aromatic carbocycles. The van der Waals surface area contributed by atoms with Crippen LogP contribution in [0.4, 0.5) is 23.7 Å². The first-order valence-corrected chi connectivity index (χ1v) is 6.69. The molecule has 2 aromatic rings. The molecular weight excluding hydrogens is 327 g/mol. The van der Waals surface area contributed by atoms with Crippen molar-refractivity contribution in [3.63, 3.8) is 0 Å². The van der Waals surface area contributed by atoms with Gasteiger partial charge in [0.25, 0.3) is 0 Å². The number of carbonyl (C=O) groups is 2. The molecule has 0 saturated carbocycles. The van der Waals surface area contributed by atoms with Crippen molar-refractivity contribution in [2.75, 3.05) is 5.32 Å². The monoisotopic (exact) mass is 339 g/mol. The molecule has 24 heavy (non-hydrogen) atoms. The minimum absolute atomic E-state index is 0.110. The number of rotatable bonds is 4. The Hall–Kier alpha value is -3.03. The van der Waals surface area contributed by atoms with E-state index >= 15 is 0 Å². The van der Waals surface area contributed by atoms with Gasteiger partial charge in [-0.25, -0.2) is 9.59 Å². The Kier molecular flexibility index (Phi) is 5.08. The van der Waals surface area contributed by atoms with Crippen LogP contribution in [0, 0.1) is 0 Å². The molecule has 0 aromatic heterocycles. The van der Waals surface area contributed by atoms with Crippen LogP contribution in [0.5, 0.6) is 0 Å². The van der Waals surface area contributed by atoms with Crippen LogP contribution in [0.15, 0.2) is 48.5 Å². The number of hydrogen-bond acceptors (Lipinski definition) is 3. The number of benzene rings is 2. The third-order valence-corrected chi connectivity index (χ3v) is 3.02. The van der Waals surface area contributed by atoms with Gasteiger partial charge in [0, 0.05) is 0 Å². The summed E-state index contributed by atoms with van der Waals surface area (Å²) in [5, 5.41) is 10.8. The number of amides is 1. The summed E-state index contributed by atoms with van der Waals surface area (Å²) in [6.07, 6.45) is -5.90. The molecule has 126 valence electrons. The number of carbonyl (C=O) groups excluding carboxylic acids is 1. The lowest BCUT2D eigenvalue weighted by Gasteiger charge is -2.14. The maximum absolute atomic E-state index is 13.0. The molecule has 0 fully saturated rings. The predicted molar refractivity (Wildman–Crippen MR) is 78.7 cm³/mol. The average molecular weight is 339 g/mol. The molecule has 0 saturated heterocycles. The van der Waals surface area contributed by atoms with Crippen molar-refractivity contribution in [1.29, 1.82) is 0 Å². The second kappa shape index (κ2) is 7.03. The first-order chi connectivity index (χ1) is 11.3. The summed E-state index contributed by atoms with van der Waals surface area (Å²) in [6, 6.07) is 10.9. The lowest BCUT2D eigenvalue weighted by molar-refractivity contribution is -0.136. The zero-order valence-electron chi connectivity index (χ0n) is 12.1. The highest BCUT2D eigenvalue weighted by Crippen LogP contribution is 2.35. The van der Waals surface area contributed by atoms with E-state index in [2.05, 4.69) is 0 Å². The molecule has 0 aliphatic heterocycles. The number of ether oxygens (including phenoxy) is 1. The first kappa shape index (κ1) is 17.3. The first-order valence-electron chi connectivity index (χ1n) is 6.69. The summed E-state index contributed by atoms with van der Waals surface area (Å²) in [7, 11) is 0. The van der Waals surface area contributed by atoms with E-state index in [-0.39, 0.29) is 6.61 Å². The molecule has 0 aliphatic carbocycles. The summed E-state index contributed by atoms with van der Waals surface area (Å²) >= 11 is 0. The number of carboxylic acid groups (broad SMARTS) is 1. The summed E-state index contributed by atoms with van der Waals surface area (Å²) in [5.41, 5.74) is -1.71. The van der Waals surface area contributed by atoms with Gasteiger partial charge in [-0.2, -0.15) is 13.2 Å². The molecule has 0 bridgehead atoms. The Bertz CT molecular complexity index is 745. The average Bonchev–Trinajstić information content (AvgIpc) is 2.53. The number of carboxylic acids is 1. The summed E-state index contributed by atoms with van der Waals surface area (Å²) in [4.78, 5) is 22.5. The van der Waals surface area contributed by atoms with Gasteiger partial charge in [0.2, 0.25) is 0 Å². The van der Waals surface area contributed by atoms with Gasteiger partial charge < -0.3 is 9.84 Å². The standard InChI is InChI=1S/C16H12F3NO4/c17-16(18,19)12-8-11(14(21)22)6-7-13(12)20-15(23)24-9-10-4-2-1-3-5-10/h1-8H,9H2,(H,20,23)(H,21,22). The highest BCUT2D eigenvalue weighted by Gasteiger charge is 2.35. The lowest BCUT2D eigenvalue weighted by Crippen LogP contribution is -2.18. The van der Waals surface area contributed by atoms with Crippen LogP contribution in [0.25, 0.3) is 0 Å². The molecule has 0 spiro atoms. The summed E-state index contributed by atoms with van der Waals surface area (Å²) in [6.45, 7) is -0.110. The molecule has 2 rings (SSSR count). The number of halogens is 3. The van der Waals surface area contributed by atoms with E-state index < -0.39 is 35.1 Å². The van der Waals surface area contributed by atoms with Gasteiger partial charge in [-0.1, -0.05) is 30.3 Å². The van der Waals surface area contributed by atoms with Crippen LogP contribution in [-0.2, 0) is 17.5 Å². The fraction of sp³-hybridized carbons (Fsp3) is 0.125. The third-order valence-electron chi connectivity index (χ3n) is 3.02. The lowest BCUT2D eigenvalue weighted by atomic mass is 10.1. The van der Waals surface area contributed by atoms with Crippen molar-refractivity contribution in [3.05, 3.63) is 65.2 Å². The van der Waals surface area contributed by atoms with Gasteiger partial charge in [-0.15, -0.1) is 0 Å². The van der Waals surface area contributed by atoms with Gasteiger partial charge in [0.1, 0.15) is 6.61 Å². The van der Waals surface area contributed by atoms with Gasteiger partial charge in [-0.3, -0.25) is 5.32 Å². The molecule has 8 heteroatoms. The van der Waals surface area contributed by atoms with Crippen molar-refractivity contribution < 1.29 is 32.6 Å². The quantitative estimate of drug-likeness (QED) is 0.877. The van der Waals surface area contributed by atoms with E-state index in [1.807, 2.05) is 5.32 Å². The SMILES string of the molecule is O=C(Nc1ccc(C(=O)O)cc1C(F)(F)F)OCc1ccccc1. The number of anilines is 1. The molecule has 0 aliphatic rings. The third kappa shape index (κ3) is 4.48. The Balaban J connectivity index is 2.13. The number of aromatic carboxylic acids is 1. The van der Waals surface area contributed by atoms with Crippen molar-refractivity contribution in [2.45, 2.75) is 12.8 Å². The number of nitrogens with one attached hydrogen (secondary N) is 1. The van der Waals surface area contributed by atoms with E-state index in [0.717, 1.165) is 12.1 Å². The van der Waals surface area contributed by atoms with E-state index in [9.17, 15) is 22.8 Å². The van der Waals surface area contributed by atoms with Crippen molar-refractivity contribution in [3.8, 4) is 0 Å². The van der Waals surface area contributed by atoms with E-state index in [1.54, 1.807) is 30.3 Å². The maximum Gasteiger partial charge on any atom is 0.418 e. The van der Waals surface area contributed by atoms with E-state index in [4.69, 9.17) is 9.84 Å². The van der Waals surface area contributed by atoms with Crippen LogP contribution in [0.2, 0.25) is 0 Å². The van der Waals surface area contributed by atoms with Crippen molar-refractivity contribution in [1.82, 2.24) is 0 Å². The zero-order chi connectivity index (χ0) is 17.7. The topological polar surface area (TPSA) is 75.6 Å². The van der Waals surface area contributed by atoms with Crippen LogP contribution in [0.3, 0.4) is 0 Å². The van der Waals surface area contributed by atoms with Crippen molar-refractivity contribution in [2.24, 2.45) is 0 Å². The van der Waals surface area contributed by atoms with Crippen LogP contribution in [-0.4, -0.2) is 17.2 Å². The van der Waals surface area contributed by atoms with E-state index in [0.29, 0.717) is 11.6 Å². The van der Waals surface area contributed by atoms with Gasteiger partial charge >= 0.3 is 18.2 Å². The number of hydrogen-bond donors (Lipinski definition) is 2. The highest BCUT2D eigenvalue weighted by atomic mass is 19.4. The molecule has 1 amide bonds. The minimum Gasteiger partial charge on any atom is -0.478 e. The highest BCUT2D eigenvalue weighted by molar-refractivity contribution is 5.91. The second-order valence-electron chi connectivity index (χ2n) is 4.75. The largest absolute Gasteiger partial charge is 0.478 e. The molecule has 0 heterocycles. The Morgan fingerprint density at radius 2 is 1.75 bits per heavy atom. The Labute approximate surface area is 134 Å². The van der Waals surface area contributed by atoms with Crippen LogP contribution < -0.4 is 5.32 Å². The Morgan fingerprint density at radius 1 is 1.08 bits per heavy atom. The summed E-state index contributed by atoms with van der Waals surface area (Å²) < 4.78 is 43.9. The Morgan fingerprint density at radius 3 is 2.33 bits per heavy atom. The molecular formula is C16H12F3NO4. The normalized spacial score (nSPS) is 11.0. The number of alkyl halides is 3. The molecule has 0 radical (unpaired) electrons. The van der Waals surface area contributed by atoms with Crippen LogP contribution >= 0.6 is 0 Å². The smallest absolute Gasteiger partial charge is 0.418 e. The second-order valence-corrected chi connectivity index (χ2v) is 4.75. The molecule has 0 atom stereocenters. The maximum atomic E-state index is 13.0. The molecule has 5 nitrogen and oxygen atoms in total. The van der Waals surface area contributed by atoms with Gasteiger partial charge in [0.15, 0.2) is 0 Å². The minimum atomic E-state index is -4.83. The van der Waals surface area contributed by atoms with Gasteiger partial charge in [0.05, 0.1) is 16.8 Å².